The SMILES string of the molecule is S=C1N[C@@H](c2ccccn2)[C@@H](c2ccc(Sc3ccccc3)o2)N1c1ccc2c(c1)OCO2. The molecule has 2 aromatic carbocycles. The van der Waals surface area contributed by atoms with Gasteiger partial charge in [-0.15, -0.1) is 0 Å². The number of anilines is 1. The number of rotatable bonds is 5. The number of aromatic nitrogens is 1. The van der Waals surface area contributed by atoms with Crippen LogP contribution in [-0.4, -0.2) is 16.9 Å². The summed E-state index contributed by atoms with van der Waals surface area (Å²) in [6.45, 7) is 0.222. The summed E-state index contributed by atoms with van der Waals surface area (Å²) < 4.78 is 17.4. The molecule has 0 radical (unpaired) electrons. The van der Waals surface area contributed by atoms with Crippen molar-refractivity contribution in [3.63, 3.8) is 0 Å². The van der Waals surface area contributed by atoms with Crippen LogP contribution in [0.25, 0.3) is 0 Å². The van der Waals surface area contributed by atoms with E-state index in [-0.39, 0.29) is 18.9 Å². The van der Waals surface area contributed by atoms with Crippen LogP contribution in [0.4, 0.5) is 5.69 Å². The van der Waals surface area contributed by atoms with Crippen LogP contribution in [0.2, 0.25) is 0 Å². The van der Waals surface area contributed by atoms with Crippen molar-refractivity contribution in [3.8, 4) is 11.5 Å². The molecule has 164 valence electrons. The van der Waals surface area contributed by atoms with Crippen LogP contribution in [-0.2, 0) is 0 Å². The summed E-state index contributed by atoms with van der Waals surface area (Å²) in [7, 11) is 0. The predicted molar refractivity (Wildman–Crippen MR) is 130 cm³/mol. The average molecular weight is 474 g/mol. The zero-order chi connectivity index (χ0) is 22.2. The normalized spacial score (nSPS) is 19.0. The number of benzene rings is 2. The number of nitrogens with one attached hydrogen (secondary N) is 1. The summed E-state index contributed by atoms with van der Waals surface area (Å²) in [6.07, 6.45) is 1.79. The van der Waals surface area contributed by atoms with Crippen molar-refractivity contribution in [2.24, 2.45) is 0 Å². The smallest absolute Gasteiger partial charge is 0.231 e. The summed E-state index contributed by atoms with van der Waals surface area (Å²) in [5.41, 5.74) is 1.79. The van der Waals surface area contributed by atoms with E-state index in [0.29, 0.717) is 10.9 Å². The molecule has 2 atom stereocenters. The molecule has 2 aliphatic rings. The third-order valence-corrected chi connectivity index (χ3v) is 6.83. The van der Waals surface area contributed by atoms with Gasteiger partial charge in [-0.3, -0.25) is 4.98 Å². The van der Waals surface area contributed by atoms with E-state index >= 15 is 0 Å². The number of thiocarbonyl (C=S) groups is 1. The van der Waals surface area contributed by atoms with Crippen LogP contribution in [0.15, 0.2) is 99.5 Å². The zero-order valence-electron chi connectivity index (χ0n) is 17.4. The lowest BCUT2D eigenvalue weighted by Gasteiger charge is -2.26. The molecule has 0 aliphatic carbocycles. The fraction of sp³-hybridized carbons (Fsp3) is 0.120. The summed E-state index contributed by atoms with van der Waals surface area (Å²) in [6, 6.07) is 25.5. The molecule has 6 nitrogen and oxygen atoms in total. The minimum atomic E-state index is -0.224. The highest BCUT2D eigenvalue weighted by atomic mass is 32.2. The first-order chi connectivity index (χ1) is 16.3. The van der Waals surface area contributed by atoms with E-state index in [0.717, 1.165) is 32.9 Å². The molecule has 0 spiro atoms. The van der Waals surface area contributed by atoms with Gasteiger partial charge in [0.25, 0.3) is 0 Å². The summed E-state index contributed by atoms with van der Waals surface area (Å²) in [5.74, 6) is 2.23. The number of pyridine rings is 1. The Morgan fingerprint density at radius 1 is 0.939 bits per heavy atom. The molecule has 1 fully saturated rings. The molecule has 0 saturated carbocycles. The van der Waals surface area contributed by atoms with Crippen molar-refractivity contribution in [2.45, 2.75) is 22.1 Å². The minimum Gasteiger partial charge on any atom is -0.454 e. The first kappa shape index (κ1) is 20.1. The molecule has 4 heterocycles. The van der Waals surface area contributed by atoms with Crippen LogP contribution in [0.5, 0.6) is 11.5 Å². The van der Waals surface area contributed by atoms with Gasteiger partial charge in [-0.2, -0.15) is 0 Å². The van der Waals surface area contributed by atoms with Crippen molar-refractivity contribution in [2.75, 3.05) is 11.7 Å². The largest absolute Gasteiger partial charge is 0.454 e. The first-order valence-corrected chi connectivity index (χ1v) is 11.7. The van der Waals surface area contributed by atoms with E-state index in [1.165, 1.54) is 0 Å². The number of hydrogen-bond acceptors (Lipinski definition) is 6. The molecule has 33 heavy (non-hydrogen) atoms. The van der Waals surface area contributed by atoms with Gasteiger partial charge < -0.3 is 24.1 Å². The first-order valence-electron chi connectivity index (χ1n) is 10.5. The summed E-state index contributed by atoms with van der Waals surface area (Å²) >= 11 is 7.37. The highest BCUT2D eigenvalue weighted by Gasteiger charge is 2.43. The van der Waals surface area contributed by atoms with Crippen molar-refractivity contribution in [1.82, 2.24) is 10.3 Å². The topological polar surface area (TPSA) is 59.8 Å². The second-order valence-electron chi connectivity index (χ2n) is 7.61. The molecule has 0 bridgehead atoms. The molecule has 2 aromatic heterocycles. The third-order valence-electron chi connectivity index (χ3n) is 5.59. The van der Waals surface area contributed by atoms with Gasteiger partial charge in [-0.25, -0.2) is 0 Å². The number of hydrogen-bond donors (Lipinski definition) is 1. The van der Waals surface area contributed by atoms with Gasteiger partial charge in [0.15, 0.2) is 21.7 Å². The monoisotopic (exact) mass is 473 g/mol. The maximum absolute atomic E-state index is 6.35. The van der Waals surface area contributed by atoms with Crippen LogP contribution in [0.1, 0.15) is 23.5 Å². The van der Waals surface area contributed by atoms with Gasteiger partial charge in [0.1, 0.15) is 11.8 Å². The Morgan fingerprint density at radius 3 is 2.64 bits per heavy atom. The molecule has 0 unspecified atom stereocenters. The average Bonchev–Trinajstić information content (AvgIpc) is 3.58. The Hall–Kier alpha value is -3.49. The van der Waals surface area contributed by atoms with Gasteiger partial charge in [-0.1, -0.05) is 36.0 Å². The van der Waals surface area contributed by atoms with Crippen molar-refractivity contribution in [1.29, 1.82) is 0 Å². The summed E-state index contributed by atoms with van der Waals surface area (Å²) in [5, 5.41) is 4.87. The molecular formula is C25H19N3O3S2. The highest BCUT2D eigenvalue weighted by molar-refractivity contribution is 7.99. The summed E-state index contributed by atoms with van der Waals surface area (Å²) in [4.78, 5) is 7.77. The maximum Gasteiger partial charge on any atom is 0.231 e. The second-order valence-corrected chi connectivity index (χ2v) is 9.07. The number of fused-ring (bicyclic) bond motifs is 1. The second kappa shape index (κ2) is 8.46. The van der Waals surface area contributed by atoms with E-state index in [9.17, 15) is 0 Å². The molecule has 6 rings (SSSR count). The van der Waals surface area contributed by atoms with Gasteiger partial charge in [-0.05, 0) is 60.7 Å². The Balaban J connectivity index is 1.39. The van der Waals surface area contributed by atoms with Crippen molar-refractivity contribution in [3.05, 3.63) is 96.5 Å². The number of furan rings is 1. The number of nitrogens with zero attached hydrogens (tertiary/aromatic N) is 2. The molecule has 8 heteroatoms. The van der Waals surface area contributed by atoms with Crippen LogP contribution >= 0.6 is 24.0 Å². The molecule has 4 aromatic rings. The van der Waals surface area contributed by atoms with Gasteiger partial charge in [0.2, 0.25) is 6.79 Å². The molecule has 0 amide bonds. The Kier molecular flexibility index (Phi) is 5.16. The quantitative estimate of drug-likeness (QED) is 0.369. The van der Waals surface area contributed by atoms with Gasteiger partial charge in [0, 0.05) is 22.8 Å². The number of ether oxygens (including phenoxy) is 2. The zero-order valence-corrected chi connectivity index (χ0v) is 19.0. The fourth-order valence-corrected chi connectivity index (χ4v) is 5.26. The fourth-order valence-electron chi connectivity index (χ4n) is 4.11. The predicted octanol–water partition coefficient (Wildman–Crippen LogP) is 5.73. The van der Waals surface area contributed by atoms with E-state index in [4.69, 9.17) is 26.1 Å². The van der Waals surface area contributed by atoms with E-state index in [1.54, 1.807) is 18.0 Å². The lowest BCUT2D eigenvalue weighted by atomic mass is 10.0. The van der Waals surface area contributed by atoms with Gasteiger partial charge >= 0.3 is 0 Å². The van der Waals surface area contributed by atoms with E-state index in [1.807, 2.05) is 66.7 Å². The Morgan fingerprint density at radius 2 is 1.79 bits per heavy atom. The van der Waals surface area contributed by atoms with Crippen LogP contribution in [0, 0.1) is 0 Å². The van der Waals surface area contributed by atoms with Gasteiger partial charge in [0.05, 0.1) is 11.7 Å². The lowest BCUT2D eigenvalue weighted by Crippen LogP contribution is -2.29. The minimum absolute atomic E-state index is 0.176. The van der Waals surface area contributed by atoms with E-state index < -0.39 is 0 Å². The van der Waals surface area contributed by atoms with E-state index in [2.05, 4.69) is 27.3 Å². The highest BCUT2D eigenvalue weighted by Crippen LogP contribution is 2.45. The molecular weight excluding hydrogens is 454 g/mol. The third kappa shape index (κ3) is 3.81. The standard InChI is InChI=1S/C25H19N3O3S2/c32-25-27-23(18-8-4-5-13-26-18)24(28(25)16-9-10-19-21(14-16)30-15-29-19)20-11-12-22(31-20)33-17-6-2-1-3-7-17/h1-14,23-24H,15H2,(H,27,32)/t23-,24+/m0/s1. The molecule has 1 saturated heterocycles. The van der Waals surface area contributed by atoms with Crippen LogP contribution < -0.4 is 19.7 Å². The molecule has 2 aliphatic heterocycles. The van der Waals surface area contributed by atoms with Crippen LogP contribution in [0.3, 0.4) is 0 Å². The Bertz CT molecular complexity index is 1300. The van der Waals surface area contributed by atoms with Crippen molar-refractivity contribution < 1.29 is 13.9 Å². The lowest BCUT2D eigenvalue weighted by molar-refractivity contribution is 0.174. The van der Waals surface area contributed by atoms with Crippen molar-refractivity contribution >= 4 is 34.8 Å². The Labute approximate surface area is 200 Å². The maximum atomic E-state index is 6.35. The molecule has 1 N–H and O–H groups in total.